The van der Waals surface area contributed by atoms with E-state index in [4.69, 9.17) is 4.43 Å². The number of aryl methyl sites for hydroxylation is 1. The van der Waals surface area contributed by atoms with Gasteiger partial charge in [-0.15, -0.1) is 0 Å². The minimum atomic E-state index is -2.12. The predicted octanol–water partition coefficient (Wildman–Crippen LogP) is 4.48. The summed E-state index contributed by atoms with van der Waals surface area (Å²) < 4.78 is 6.50. The molecule has 2 rings (SSSR count). The van der Waals surface area contributed by atoms with Crippen molar-refractivity contribution in [2.45, 2.75) is 70.8 Å². The molecule has 0 spiro atoms. The topological polar surface area (TPSA) is 105 Å². The highest BCUT2D eigenvalue weighted by Gasteiger charge is 2.39. The van der Waals surface area contributed by atoms with E-state index in [1.54, 1.807) is 0 Å². The Hall–Kier alpha value is -3.13. The third kappa shape index (κ3) is 7.73. The van der Waals surface area contributed by atoms with Crippen molar-refractivity contribution in [1.82, 2.24) is 10.6 Å². The summed E-state index contributed by atoms with van der Waals surface area (Å²) in [7, 11) is -2.12. The molecule has 0 saturated carbocycles. The summed E-state index contributed by atoms with van der Waals surface area (Å²) in [4.78, 5) is 36.1. The van der Waals surface area contributed by atoms with Crippen LogP contribution in [0.15, 0.2) is 48.5 Å². The number of carbonyl (C=O) groups excluding carboxylic acids is 2. The first-order valence-electron chi connectivity index (χ1n) is 11.4. The van der Waals surface area contributed by atoms with Gasteiger partial charge < -0.3 is 25.0 Å². The number of aldehydes is 1. The number of amides is 2. The van der Waals surface area contributed by atoms with Crippen molar-refractivity contribution in [3.63, 3.8) is 0 Å². The smallest absolute Gasteiger partial charge is 0.405 e. The molecular formula is C26H36N2O5Si. The normalized spacial score (nSPS) is 13.5. The zero-order chi connectivity index (χ0) is 25.5. The molecule has 0 fully saturated rings. The highest BCUT2D eigenvalue weighted by Crippen LogP contribution is 2.38. The third-order valence-electron chi connectivity index (χ3n) is 6.22. The van der Waals surface area contributed by atoms with Crippen LogP contribution in [0.2, 0.25) is 18.1 Å². The Labute approximate surface area is 203 Å². The van der Waals surface area contributed by atoms with E-state index >= 15 is 0 Å². The Morgan fingerprint density at radius 1 is 1.06 bits per heavy atom. The van der Waals surface area contributed by atoms with Crippen molar-refractivity contribution < 1.29 is 23.9 Å². The van der Waals surface area contributed by atoms with Crippen molar-refractivity contribution in [2.75, 3.05) is 0 Å². The number of hydrogen-bond acceptors (Lipinski definition) is 4. The molecule has 2 aromatic carbocycles. The van der Waals surface area contributed by atoms with Gasteiger partial charge in [0.15, 0.2) is 0 Å². The van der Waals surface area contributed by atoms with Crippen LogP contribution in [0.1, 0.15) is 37.5 Å². The molecule has 2 amide bonds. The molecule has 2 unspecified atom stereocenters. The van der Waals surface area contributed by atoms with Crippen molar-refractivity contribution in [2.24, 2.45) is 0 Å². The molecule has 0 aliphatic carbocycles. The summed E-state index contributed by atoms with van der Waals surface area (Å²) in [5, 5.41) is 14.2. The number of carboxylic acid groups (broad SMARTS) is 1. The van der Waals surface area contributed by atoms with Crippen molar-refractivity contribution >= 4 is 26.6 Å². The molecule has 0 aliphatic rings. The first-order chi connectivity index (χ1) is 15.8. The average molecular weight is 485 g/mol. The first-order valence-corrected chi connectivity index (χ1v) is 14.3. The van der Waals surface area contributed by atoms with Crippen LogP contribution < -0.4 is 15.1 Å². The molecular weight excluding hydrogens is 448 g/mol. The number of rotatable bonds is 10. The Balaban J connectivity index is 2.22. The fourth-order valence-electron chi connectivity index (χ4n) is 3.26. The van der Waals surface area contributed by atoms with Crippen LogP contribution in [0.25, 0.3) is 0 Å². The minimum absolute atomic E-state index is 0.000589. The molecule has 0 aliphatic heterocycles. The van der Waals surface area contributed by atoms with E-state index in [1.165, 1.54) is 0 Å². The molecule has 8 heteroatoms. The lowest BCUT2D eigenvalue weighted by molar-refractivity contribution is -0.125. The van der Waals surface area contributed by atoms with Gasteiger partial charge in [0.25, 0.3) is 0 Å². The van der Waals surface area contributed by atoms with E-state index in [0.717, 1.165) is 16.7 Å². The maximum atomic E-state index is 12.9. The summed E-state index contributed by atoms with van der Waals surface area (Å²) in [5.74, 6) is 0.158. The molecule has 2 aromatic rings. The SMILES string of the molecule is Cc1ccc(O[Si](C)(C)C(C)(C)C)c(CC(C=O)NC(=O)C(Cc2ccccc2)NC(=O)O)c1. The molecule has 0 heterocycles. The van der Waals surface area contributed by atoms with Crippen LogP contribution in [-0.2, 0) is 22.4 Å². The van der Waals surface area contributed by atoms with Gasteiger partial charge in [-0.3, -0.25) is 4.79 Å². The summed E-state index contributed by atoms with van der Waals surface area (Å²) in [6, 6.07) is 13.1. The van der Waals surface area contributed by atoms with Crippen molar-refractivity contribution in [3.8, 4) is 5.75 Å². The molecule has 0 saturated heterocycles. The van der Waals surface area contributed by atoms with E-state index in [0.29, 0.717) is 12.0 Å². The average Bonchev–Trinajstić information content (AvgIpc) is 2.74. The van der Waals surface area contributed by atoms with Gasteiger partial charge in [0, 0.05) is 12.8 Å². The van der Waals surface area contributed by atoms with Crippen LogP contribution in [0, 0.1) is 6.92 Å². The summed E-state index contributed by atoms with van der Waals surface area (Å²) >= 11 is 0. The largest absolute Gasteiger partial charge is 0.543 e. The van der Waals surface area contributed by atoms with Crippen molar-refractivity contribution in [1.29, 1.82) is 0 Å². The third-order valence-corrected chi connectivity index (χ3v) is 10.6. The van der Waals surface area contributed by atoms with E-state index in [1.807, 2.05) is 55.5 Å². The second-order valence-electron chi connectivity index (χ2n) is 10.1. The lowest BCUT2D eigenvalue weighted by atomic mass is 10.0. The number of benzene rings is 2. The Morgan fingerprint density at radius 2 is 1.71 bits per heavy atom. The maximum Gasteiger partial charge on any atom is 0.405 e. The van der Waals surface area contributed by atoms with Crippen LogP contribution in [0.3, 0.4) is 0 Å². The summed E-state index contributed by atoms with van der Waals surface area (Å²) in [6.07, 6.45) is -0.209. The predicted molar refractivity (Wildman–Crippen MR) is 136 cm³/mol. The van der Waals surface area contributed by atoms with Gasteiger partial charge in [0.1, 0.15) is 18.1 Å². The van der Waals surface area contributed by atoms with E-state index in [2.05, 4.69) is 44.5 Å². The molecule has 0 radical (unpaired) electrons. The molecule has 2 atom stereocenters. The Morgan fingerprint density at radius 3 is 2.26 bits per heavy atom. The molecule has 7 nitrogen and oxygen atoms in total. The first kappa shape index (κ1) is 27.1. The molecule has 184 valence electrons. The van der Waals surface area contributed by atoms with E-state index in [-0.39, 0.29) is 17.9 Å². The van der Waals surface area contributed by atoms with Gasteiger partial charge in [0.05, 0.1) is 6.04 Å². The van der Waals surface area contributed by atoms with Crippen molar-refractivity contribution in [3.05, 3.63) is 65.2 Å². The molecule has 0 bridgehead atoms. The number of carbonyl (C=O) groups is 3. The van der Waals surface area contributed by atoms with Crippen LogP contribution in [-0.4, -0.2) is 43.8 Å². The van der Waals surface area contributed by atoms with Gasteiger partial charge >= 0.3 is 6.09 Å². The van der Waals surface area contributed by atoms with Gasteiger partial charge in [-0.1, -0.05) is 68.8 Å². The Kier molecular flexibility index (Phi) is 9.04. The van der Waals surface area contributed by atoms with Gasteiger partial charge in [0.2, 0.25) is 14.2 Å². The zero-order valence-corrected chi connectivity index (χ0v) is 21.8. The monoisotopic (exact) mass is 484 g/mol. The standard InChI is InChI=1S/C26H36N2O5Si/c1-18-12-13-23(33-34(5,6)26(2,3)4)20(14-18)16-21(17-29)27-24(30)22(28-25(31)32)15-19-10-8-7-9-11-19/h7-14,17,21-22,28H,15-16H2,1-6H3,(H,27,30)(H,31,32). The molecule has 3 N–H and O–H groups in total. The lowest BCUT2D eigenvalue weighted by Gasteiger charge is -2.37. The second-order valence-corrected chi connectivity index (χ2v) is 14.8. The minimum Gasteiger partial charge on any atom is -0.543 e. The summed E-state index contributed by atoms with van der Waals surface area (Å²) in [6.45, 7) is 12.7. The second kappa shape index (κ2) is 11.3. The zero-order valence-electron chi connectivity index (χ0n) is 20.8. The Bertz CT molecular complexity index is 1000. The fraction of sp³-hybridized carbons (Fsp3) is 0.423. The number of hydrogen-bond donors (Lipinski definition) is 3. The quantitative estimate of drug-likeness (QED) is 0.341. The summed E-state index contributed by atoms with van der Waals surface area (Å²) in [5.41, 5.74) is 2.65. The highest BCUT2D eigenvalue weighted by atomic mass is 28.4. The van der Waals surface area contributed by atoms with Crippen LogP contribution in [0.5, 0.6) is 5.75 Å². The van der Waals surface area contributed by atoms with E-state index in [9.17, 15) is 19.5 Å². The van der Waals surface area contributed by atoms with Gasteiger partial charge in [-0.2, -0.15) is 0 Å². The van der Waals surface area contributed by atoms with Crippen LogP contribution >= 0.6 is 0 Å². The molecule has 34 heavy (non-hydrogen) atoms. The highest BCUT2D eigenvalue weighted by molar-refractivity contribution is 6.74. The van der Waals surface area contributed by atoms with Crippen LogP contribution in [0.4, 0.5) is 4.79 Å². The maximum absolute atomic E-state index is 12.9. The van der Waals surface area contributed by atoms with Gasteiger partial charge in [-0.25, -0.2) is 4.79 Å². The van der Waals surface area contributed by atoms with Gasteiger partial charge in [-0.05, 0) is 42.2 Å². The molecule has 0 aromatic heterocycles. The number of nitrogens with one attached hydrogen (secondary N) is 2. The lowest BCUT2D eigenvalue weighted by Crippen LogP contribution is -2.51. The fourth-order valence-corrected chi connectivity index (χ4v) is 4.31. The van der Waals surface area contributed by atoms with E-state index < -0.39 is 32.4 Å².